The van der Waals surface area contributed by atoms with Gasteiger partial charge in [0, 0.05) is 6.04 Å². The van der Waals surface area contributed by atoms with Crippen molar-refractivity contribution in [2.75, 3.05) is 0 Å². The van der Waals surface area contributed by atoms with E-state index in [0.717, 1.165) is 29.5 Å². The lowest BCUT2D eigenvalue weighted by Gasteiger charge is -2.20. The van der Waals surface area contributed by atoms with E-state index in [9.17, 15) is 0 Å². The lowest BCUT2D eigenvalue weighted by atomic mass is 10.1. The Morgan fingerprint density at radius 1 is 1.33 bits per heavy atom. The molecule has 2 atom stereocenters. The summed E-state index contributed by atoms with van der Waals surface area (Å²) in [5, 5.41) is 0.175. The first kappa shape index (κ1) is 13.3. The summed E-state index contributed by atoms with van der Waals surface area (Å²) < 4.78 is 11.1. The molecule has 0 aliphatic heterocycles. The second-order valence-electron chi connectivity index (χ2n) is 4.33. The minimum atomic E-state index is 0.0931. The highest BCUT2D eigenvalue weighted by atomic mass is 32.2. The summed E-state index contributed by atoms with van der Waals surface area (Å²) in [6.45, 7) is 4.05. The van der Waals surface area contributed by atoms with Gasteiger partial charge in [0.05, 0.1) is 17.3 Å². The van der Waals surface area contributed by atoms with Crippen molar-refractivity contribution in [2.45, 2.75) is 37.3 Å². The van der Waals surface area contributed by atoms with Crippen molar-refractivity contribution in [1.82, 2.24) is 0 Å². The van der Waals surface area contributed by atoms with E-state index in [0.29, 0.717) is 0 Å². The number of furan rings is 2. The lowest BCUT2D eigenvalue weighted by molar-refractivity contribution is 0.454. The van der Waals surface area contributed by atoms with Gasteiger partial charge in [0.25, 0.3) is 0 Å². The fraction of sp³-hybridized carbons (Fsp3) is 0.429. The van der Waals surface area contributed by atoms with Gasteiger partial charge in [-0.05, 0) is 37.6 Å². The van der Waals surface area contributed by atoms with Gasteiger partial charge < -0.3 is 14.6 Å². The third-order valence-corrected chi connectivity index (χ3v) is 4.28. The van der Waals surface area contributed by atoms with Gasteiger partial charge in [0.15, 0.2) is 0 Å². The SMILES string of the molecule is CCC(N)C(SCc1ccco1)c1ccc(C)o1. The molecule has 2 unspecified atom stereocenters. The lowest BCUT2D eigenvalue weighted by Crippen LogP contribution is -2.25. The molecule has 18 heavy (non-hydrogen) atoms. The number of thioether (sulfide) groups is 1. The molecule has 0 radical (unpaired) electrons. The molecule has 0 amide bonds. The minimum Gasteiger partial charge on any atom is -0.468 e. The van der Waals surface area contributed by atoms with E-state index in [-0.39, 0.29) is 11.3 Å². The molecule has 3 nitrogen and oxygen atoms in total. The van der Waals surface area contributed by atoms with E-state index >= 15 is 0 Å². The number of nitrogens with two attached hydrogens (primary N) is 1. The van der Waals surface area contributed by atoms with Crippen LogP contribution in [0, 0.1) is 6.92 Å². The number of aryl methyl sites for hydroxylation is 1. The van der Waals surface area contributed by atoms with Gasteiger partial charge in [0.1, 0.15) is 17.3 Å². The average Bonchev–Trinajstić information content (AvgIpc) is 3.01. The highest BCUT2D eigenvalue weighted by molar-refractivity contribution is 7.98. The summed E-state index contributed by atoms with van der Waals surface area (Å²) in [6.07, 6.45) is 2.62. The molecule has 2 N–H and O–H groups in total. The monoisotopic (exact) mass is 265 g/mol. The number of hydrogen-bond acceptors (Lipinski definition) is 4. The zero-order valence-electron chi connectivity index (χ0n) is 10.8. The number of hydrogen-bond donors (Lipinski definition) is 1. The molecular formula is C14H19NO2S. The summed E-state index contributed by atoms with van der Waals surface area (Å²) in [4.78, 5) is 0. The Labute approximate surface area is 112 Å². The molecule has 4 heteroatoms. The van der Waals surface area contributed by atoms with Crippen molar-refractivity contribution in [3.05, 3.63) is 47.8 Å². The molecule has 2 aromatic rings. The third-order valence-electron chi connectivity index (χ3n) is 2.89. The van der Waals surface area contributed by atoms with Gasteiger partial charge in [-0.25, -0.2) is 0 Å². The molecule has 0 saturated heterocycles. The molecule has 0 spiro atoms. The van der Waals surface area contributed by atoms with Crippen LogP contribution in [0.1, 0.15) is 35.9 Å². The van der Waals surface area contributed by atoms with Gasteiger partial charge in [-0.1, -0.05) is 6.92 Å². The maximum absolute atomic E-state index is 6.19. The zero-order chi connectivity index (χ0) is 13.0. The van der Waals surface area contributed by atoms with Crippen LogP contribution < -0.4 is 5.73 Å². The summed E-state index contributed by atoms with van der Waals surface area (Å²) in [5.41, 5.74) is 6.19. The molecule has 0 bridgehead atoms. The Morgan fingerprint density at radius 3 is 2.72 bits per heavy atom. The normalized spacial score (nSPS) is 14.6. The van der Waals surface area contributed by atoms with Crippen LogP contribution in [-0.2, 0) is 5.75 Å². The average molecular weight is 265 g/mol. The van der Waals surface area contributed by atoms with Crippen LogP contribution in [0.4, 0.5) is 0 Å². The van der Waals surface area contributed by atoms with E-state index in [4.69, 9.17) is 14.6 Å². The van der Waals surface area contributed by atoms with Gasteiger partial charge in [-0.15, -0.1) is 11.8 Å². The topological polar surface area (TPSA) is 52.3 Å². The van der Waals surface area contributed by atoms with Gasteiger partial charge in [0.2, 0.25) is 0 Å². The number of rotatable bonds is 6. The van der Waals surface area contributed by atoms with E-state index in [1.807, 2.05) is 31.2 Å². The Bertz CT molecular complexity index is 464. The Hall–Kier alpha value is -1.13. The third kappa shape index (κ3) is 3.21. The Morgan fingerprint density at radius 2 is 2.17 bits per heavy atom. The van der Waals surface area contributed by atoms with Crippen molar-refractivity contribution in [1.29, 1.82) is 0 Å². The summed E-state index contributed by atoms with van der Waals surface area (Å²) >= 11 is 1.77. The van der Waals surface area contributed by atoms with E-state index in [1.54, 1.807) is 18.0 Å². The van der Waals surface area contributed by atoms with Crippen molar-refractivity contribution >= 4 is 11.8 Å². The first-order valence-corrected chi connectivity index (χ1v) is 7.21. The smallest absolute Gasteiger partial charge is 0.118 e. The fourth-order valence-electron chi connectivity index (χ4n) is 1.80. The molecule has 2 rings (SSSR count). The van der Waals surface area contributed by atoms with Crippen LogP contribution in [0.15, 0.2) is 39.4 Å². The van der Waals surface area contributed by atoms with E-state index in [2.05, 4.69) is 6.92 Å². The molecule has 98 valence electrons. The quantitative estimate of drug-likeness (QED) is 0.860. The van der Waals surface area contributed by atoms with Crippen LogP contribution in [-0.4, -0.2) is 6.04 Å². The molecule has 0 fully saturated rings. The van der Waals surface area contributed by atoms with Crippen LogP contribution in [0.25, 0.3) is 0 Å². The highest BCUT2D eigenvalue weighted by Gasteiger charge is 2.22. The molecule has 0 aromatic carbocycles. The second kappa shape index (κ2) is 6.16. The maximum atomic E-state index is 6.19. The standard InChI is InChI=1S/C14H19NO2S/c1-3-12(15)14(13-7-6-10(2)17-13)18-9-11-5-4-8-16-11/h4-8,12,14H,3,9,15H2,1-2H3. The first-order valence-electron chi connectivity index (χ1n) is 6.16. The molecule has 2 aromatic heterocycles. The van der Waals surface area contributed by atoms with Crippen molar-refractivity contribution in [3.8, 4) is 0 Å². The summed E-state index contributed by atoms with van der Waals surface area (Å²) in [7, 11) is 0. The first-order chi connectivity index (χ1) is 8.70. The van der Waals surface area contributed by atoms with E-state index < -0.39 is 0 Å². The van der Waals surface area contributed by atoms with Crippen molar-refractivity contribution < 1.29 is 8.83 Å². The van der Waals surface area contributed by atoms with Crippen LogP contribution in [0.3, 0.4) is 0 Å². The largest absolute Gasteiger partial charge is 0.468 e. The minimum absolute atomic E-state index is 0.0931. The van der Waals surface area contributed by atoms with Crippen molar-refractivity contribution in [3.63, 3.8) is 0 Å². The van der Waals surface area contributed by atoms with E-state index in [1.165, 1.54) is 0 Å². The van der Waals surface area contributed by atoms with Crippen LogP contribution in [0.2, 0.25) is 0 Å². The van der Waals surface area contributed by atoms with Gasteiger partial charge >= 0.3 is 0 Å². The molecule has 2 heterocycles. The molecular weight excluding hydrogens is 246 g/mol. The predicted molar refractivity (Wildman–Crippen MR) is 74.5 cm³/mol. The van der Waals surface area contributed by atoms with Gasteiger partial charge in [-0.2, -0.15) is 0 Å². The van der Waals surface area contributed by atoms with Gasteiger partial charge in [-0.3, -0.25) is 0 Å². The Balaban J connectivity index is 2.05. The zero-order valence-corrected chi connectivity index (χ0v) is 11.6. The van der Waals surface area contributed by atoms with Crippen molar-refractivity contribution in [2.24, 2.45) is 5.73 Å². The van der Waals surface area contributed by atoms with Crippen LogP contribution in [0.5, 0.6) is 0 Å². The highest BCUT2D eigenvalue weighted by Crippen LogP contribution is 2.35. The predicted octanol–water partition coefficient (Wildman–Crippen LogP) is 3.89. The summed E-state index contributed by atoms with van der Waals surface area (Å²) in [6, 6.07) is 7.98. The Kier molecular flexibility index (Phi) is 4.55. The molecule has 0 saturated carbocycles. The molecule has 0 aliphatic carbocycles. The van der Waals surface area contributed by atoms with Crippen LogP contribution >= 0.6 is 11.8 Å². The summed E-state index contributed by atoms with van der Waals surface area (Å²) in [5.74, 6) is 3.66. The second-order valence-corrected chi connectivity index (χ2v) is 5.46. The fourth-order valence-corrected chi connectivity index (χ4v) is 3.04. The maximum Gasteiger partial charge on any atom is 0.118 e. The molecule has 0 aliphatic rings.